The molecule has 2 nitrogen and oxygen atoms in total. The van der Waals surface area contributed by atoms with Gasteiger partial charge in [0.15, 0.2) is 0 Å². The first kappa shape index (κ1) is 15.0. The molecule has 1 amide bonds. The summed E-state index contributed by atoms with van der Waals surface area (Å²) in [6.07, 6.45) is -4.60. The van der Waals surface area contributed by atoms with E-state index in [1.54, 1.807) is 0 Å². The van der Waals surface area contributed by atoms with Crippen LogP contribution in [0, 0.1) is 0 Å². The molecule has 1 rings (SSSR count). The number of hydrogen-bond donors (Lipinski definition) is 1. The topological polar surface area (TPSA) is 29.1 Å². The molecule has 0 aliphatic rings. The van der Waals surface area contributed by atoms with Gasteiger partial charge in [-0.25, -0.2) is 0 Å². The maximum Gasteiger partial charge on any atom is 0.417 e. The first-order valence-electron chi connectivity index (χ1n) is 4.70. The molecule has 0 atom stereocenters. The summed E-state index contributed by atoms with van der Waals surface area (Å²) in [7, 11) is 0. The molecule has 0 unspecified atom stereocenters. The Kier molecular flexibility index (Phi) is 4.81. The van der Waals surface area contributed by atoms with Gasteiger partial charge in [0.05, 0.1) is 17.7 Å². The molecule has 1 aromatic carbocycles. The zero-order chi connectivity index (χ0) is 13.9. The van der Waals surface area contributed by atoms with Crippen molar-refractivity contribution in [1.29, 1.82) is 0 Å². The Morgan fingerprint density at radius 1 is 1.44 bits per heavy atom. The van der Waals surface area contributed by atoms with Crippen LogP contribution in [-0.4, -0.2) is 12.5 Å². The number of hydrogen-bond acceptors (Lipinski definition) is 1. The third-order valence-electron chi connectivity index (χ3n) is 1.97. The predicted octanol–water partition coefficient (Wildman–Crippen LogP) is 3.95. The zero-order valence-electron chi connectivity index (χ0n) is 8.94. The van der Waals surface area contributed by atoms with Crippen molar-refractivity contribution < 1.29 is 18.0 Å². The Bertz CT molecular complexity index is 488. The van der Waals surface area contributed by atoms with Gasteiger partial charge in [0.2, 0.25) is 0 Å². The van der Waals surface area contributed by atoms with Crippen molar-refractivity contribution in [1.82, 2.24) is 5.32 Å². The van der Waals surface area contributed by atoms with E-state index in [2.05, 4.69) is 27.8 Å². The van der Waals surface area contributed by atoms with E-state index in [4.69, 9.17) is 11.6 Å². The van der Waals surface area contributed by atoms with Crippen LogP contribution in [0.1, 0.15) is 15.9 Å². The highest BCUT2D eigenvalue weighted by molar-refractivity contribution is 9.10. The van der Waals surface area contributed by atoms with Crippen LogP contribution in [-0.2, 0) is 6.18 Å². The fourth-order valence-electron chi connectivity index (χ4n) is 1.22. The molecule has 0 aromatic heterocycles. The largest absolute Gasteiger partial charge is 0.417 e. The lowest BCUT2D eigenvalue weighted by molar-refractivity contribution is -0.138. The number of alkyl halides is 3. The summed E-state index contributed by atoms with van der Waals surface area (Å²) >= 11 is 8.36. The van der Waals surface area contributed by atoms with E-state index < -0.39 is 23.2 Å². The monoisotopic (exact) mass is 341 g/mol. The highest BCUT2D eigenvalue weighted by atomic mass is 79.9. The van der Waals surface area contributed by atoms with Gasteiger partial charge in [-0.1, -0.05) is 34.1 Å². The van der Waals surface area contributed by atoms with Gasteiger partial charge < -0.3 is 5.32 Å². The van der Waals surface area contributed by atoms with E-state index in [9.17, 15) is 18.0 Å². The maximum absolute atomic E-state index is 12.7. The quantitative estimate of drug-likeness (QED) is 0.885. The lowest BCUT2D eigenvalue weighted by Gasteiger charge is -2.13. The van der Waals surface area contributed by atoms with E-state index in [0.717, 1.165) is 12.1 Å². The SMILES string of the molecule is C=C(Cl)CNC(=O)c1ccc(Br)cc1C(F)(F)F. The van der Waals surface area contributed by atoms with Crippen LogP contribution in [0.2, 0.25) is 0 Å². The Hall–Kier alpha value is -1.01. The van der Waals surface area contributed by atoms with Crippen molar-refractivity contribution in [2.75, 3.05) is 6.54 Å². The van der Waals surface area contributed by atoms with Crippen molar-refractivity contribution in [2.24, 2.45) is 0 Å². The third-order valence-corrected chi connectivity index (χ3v) is 2.60. The number of rotatable bonds is 3. The van der Waals surface area contributed by atoms with Crippen molar-refractivity contribution in [2.45, 2.75) is 6.18 Å². The molecule has 18 heavy (non-hydrogen) atoms. The molecule has 0 saturated heterocycles. The van der Waals surface area contributed by atoms with Crippen LogP contribution < -0.4 is 5.32 Å². The summed E-state index contributed by atoms with van der Waals surface area (Å²) < 4.78 is 38.5. The molecule has 0 fully saturated rings. The van der Waals surface area contributed by atoms with Crippen LogP contribution in [0.3, 0.4) is 0 Å². The van der Waals surface area contributed by atoms with Gasteiger partial charge in [-0.2, -0.15) is 13.2 Å². The molecule has 0 aliphatic heterocycles. The van der Waals surface area contributed by atoms with Crippen LogP contribution in [0.15, 0.2) is 34.3 Å². The minimum Gasteiger partial charge on any atom is -0.347 e. The number of amides is 1. The van der Waals surface area contributed by atoms with Crippen LogP contribution in [0.5, 0.6) is 0 Å². The Morgan fingerprint density at radius 3 is 2.56 bits per heavy atom. The molecule has 0 heterocycles. The fraction of sp³-hybridized carbons (Fsp3) is 0.182. The van der Waals surface area contributed by atoms with E-state index in [1.165, 1.54) is 6.07 Å². The summed E-state index contributed by atoms with van der Waals surface area (Å²) in [6.45, 7) is 3.24. The molecule has 0 spiro atoms. The van der Waals surface area contributed by atoms with Gasteiger partial charge in [-0.05, 0) is 18.2 Å². The molecule has 1 N–H and O–H groups in total. The van der Waals surface area contributed by atoms with Crippen LogP contribution in [0.25, 0.3) is 0 Å². The fourth-order valence-corrected chi connectivity index (χ4v) is 1.65. The van der Waals surface area contributed by atoms with Gasteiger partial charge in [0, 0.05) is 9.51 Å². The second-order valence-corrected chi connectivity index (χ2v) is 4.84. The second kappa shape index (κ2) is 5.75. The molecular formula is C11H8BrClF3NO. The lowest BCUT2D eigenvalue weighted by atomic mass is 10.1. The highest BCUT2D eigenvalue weighted by Gasteiger charge is 2.35. The number of carbonyl (C=O) groups excluding carboxylic acids is 1. The van der Waals surface area contributed by atoms with Gasteiger partial charge >= 0.3 is 6.18 Å². The van der Waals surface area contributed by atoms with Crippen molar-refractivity contribution in [3.63, 3.8) is 0 Å². The van der Waals surface area contributed by atoms with Gasteiger partial charge in [-0.3, -0.25) is 4.79 Å². The predicted molar refractivity (Wildman–Crippen MR) is 66.5 cm³/mol. The van der Waals surface area contributed by atoms with E-state index >= 15 is 0 Å². The second-order valence-electron chi connectivity index (χ2n) is 3.39. The minimum atomic E-state index is -4.60. The first-order valence-corrected chi connectivity index (χ1v) is 5.87. The lowest BCUT2D eigenvalue weighted by Crippen LogP contribution is -2.27. The number of carbonyl (C=O) groups is 1. The van der Waals surface area contributed by atoms with Gasteiger partial charge in [0.1, 0.15) is 0 Å². The summed E-state index contributed by atoms with van der Waals surface area (Å²) in [5.74, 6) is -0.850. The van der Waals surface area contributed by atoms with E-state index in [1.807, 2.05) is 0 Å². The number of halogens is 5. The van der Waals surface area contributed by atoms with E-state index in [-0.39, 0.29) is 16.0 Å². The molecule has 98 valence electrons. The average Bonchev–Trinajstić information content (AvgIpc) is 2.24. The molecule has 0 radical (unpaired) electrons. The zero-order valence-corrected chi connectivity index (χ0v) is 11.3. The van der Waals surface area contributed by atoms with Crippen molar-refractivity contribution >= 4 is 33.4 Å². The standard InChI is InChI=1S/C11H8BrClF3NO/c1-6(13)5-17-10(18)8-3-2-7(12)4-9(8)11(14,15)16/h2-4H,1,5H2,(H,17,18). The number of nitrogens with one attached hydrogen (secondary N) is 1. The maximum atomic E-state index is 12.7. The molecule has 7 heteroatoms. The van der Waals surface area contributed by atoms with Crippen molar-refractivity contribution in [3.8, 4) is 0 Å². The van der Waals surface area contributed by atoms with E-state index in [0.29, 0.717) is 0 Å². The molecule has 0 bridgehead atoms. The van der Waals surface area contributed by atoms with Crippen LogP contribution in [0.4, 0.5) is 13.2 Å². The highest BCUT2D eigenvalue weighted by Crippen LogP contribution is 2.33. The first-order chi connectivity index (χ1) is 8.21. The summed E-state index contributed by atoms with van der Waals surface area (Å²) in [4.78, 5) is 11.6. The molecule has 1 aromatic rings. The minimum absolute atomic E-state index is 0.0895. The Balaban J connectivity index is 3.08. The van der Waals surface area contributed by atoms with Crippen LogP contribution >= 0.6 is 27.5 Å². The van der Waals surface area contributed by atoms with Gasteiger partial charge in [-0.15, -0.1) is 0 Å². The molecule has 0 aliphatic carbocycles. The summed E-state index contributed by atoms with van der Waals surface area (Å²) in [6, 6.07) is 3.31. The summed E-state index contributed by atoms with van der Waals surface area (Å²) in [5, 5.41) is 2.38. The normalized spacial score (nSPS) is 11.2. The average molecular weight is 343 g/mol. The van der Waals surface area contributed by atoms with Crippen molar-refractivity contribution in [3.05, 3.63) is 45.4 Å². The smallest absolute Gasteiger partial charge is 0.347 e. The number of benzene rings is 1. The Morgan fingerprint density at radius 2 is 2.06 bits per heavy atom. The Labute approximate surface area is 115 Å². The van der Waals surface area contributed by atoms with Gasteiger partial charge in [0.25, 0.3) is 5.91 Å². The molecular weight excluding hydrogens is 334 g/mol. The molecule has 0 saturated carbocycles. The summed E-state index contributed by atoms with van der Waals surface area (Å²) in [5.41, 5.74) is -1.46. The third kappa shape index (κ3) is 4.03.